The lowest BCUT2D eigenvalue weighted by atomic mass is 10.1. The molecule has 1 saturated heterocycles. The highest BCUT2D eigenvalue weighted by atomic mass is 16.8. The highest BCUT2D eigenvalue weighted by Gasteiger charge is 2.41. The minimum Gasteiger partial charge on any atom is -0.434 e. The number of allylic oxidation sites excluding steroid dienone is 2. The van der Waals surface area contributed by atoms with Crippen molar-refractivity contribution >= 4 is 5.97 Å². The zero-order chi connectivity index (χ0) is 10.8. The summed E-state index contributed by atoms with van der Waals surface area (Å²) < 4.78 is 10.5. The molecule has 80 valence electrons. The summed E-state index contributed by atoms with van der Waals surface area (Å²) in [5.74, 6) is -0.264. The summed E-state index contributed by atoms with van der Waals surface area (Å²) in [7, 11) is 0. The first-order valence-corrected chi connectivity index (χ1v) is 4.94. The number of cyclic esters (lactones) is 1. The normalized spacial score (nSPS) is 24.6. The Labute approximate surface area is 85.1 Å². The van der Waals surface area contributed by atoms with E-state index in [1.54, 1.807) is 13.8 Å². The van der Waals surface area contributed by atoms with Crippen LogP contribution in [-0.4, -0.2) is 17.9 Å². The maximum absolute atomic E-state index is 11.2. The molecule has 0 bridgehead atoms. The molecule has 0 aromatic carbocycles. The average Bonchev–Trinajstić information content (AvgIpc) is 2.25. The highest BCUT2D eigenvalue weighted by molar-refractivity contribution is 5.80. The molecule has 14 heavy (non-hydrogen) atoms. The quantitative estimate of drug-likeness (QED) is 0.516. The van der Waals surface area contributed by atoms with Gasteiger partial charge >= 0.3 is 5.97 Å². The van der Waals surface area contributed by atoms with Crippen LogP contribution in [0.2, 0.25) is 0 Å². The molecular formula is C11H18O3. The molecule has 1 fully saturated rings. The summed E-state index contributed by atoms with van der Waals surface area (Å²) in [4.78, 5) is 11.2. The SMILES string of the molecule is CC(C)=CCCC1OC(=O)C(C)(C)O1. The summed E-state index contributed by atoms with van der Waals surface area (Å²) in [6.45, 7) is 7.56. The summed E-state index contributed by atoms with van der Waals surface area (Å²) in [6, 6.07) is 0. The van der Waals surface area contributed by atoms with Crippen molar-refractivity contribution in [1.29, 1.82) is 0 Å². The van der Waals surface area contributed by atoms with Crippen LogP contribution in [0.15, 0.2) is 11.6 Å². The number of ether oxygens (including phenoxy) is 2. The van der Waals surface area contributed by atoms with Crippen molar-refractivity contribution in [3.8, 4) is 0 Å². The van der Waals surface area contributed by atoms with Crippen LogP contribution in [0.5, 0.6) is 0 Å². The molecule has 0 N–H and O–H groups in total. The topological polar surface area (TPSA) is 35.5 Å². The number of carbonyl (C=O) groups excluding carboxylic acids is 1. The van der Waals surface area contributed by atoms with E-state index in [2.05, 4.69) is 6.08 Å². The van der Waals surface area contributed by atoms with E-state index in [0.29, 0.717) is 0 Å². The lowest BCUT2D eigenvalue weighted by molar-refractivity contribution is -0.144. The molecule has 0 aromatic rings. The van der Waals surface area contributed by atoms with E-state index >= 15 is 0 Å². The number of carbonyl (C=O) groups is 1. The minimum absolute atomic E-state index is 0.264. The van der Waals surface area contributed by atoms with Gasteiger partial charge in [0.1, 0.15) is 0 Å². The van der Waals surface area contributed by atoms with Crippen LogP contribution < -0.4 is 0 Å². The Kier molecular flexibility index (Phi) is 3.32. The number of esters is 1. The first-order chi connectivity index (χ1) is 6.42. The Balaban J connectivity index is 2.36. The van der Waals surface area contributed by atoms with Crippen LogP contribution in [0, 0.1) is 0 Å². The van der Waals surface area contributed by atoms with E-state index in [4.69, 9.17) is 9.47 Å². The third kappa shape index (κ3) is 2.84. The van der Waals surface area contributed by atoms with Gasteiger partial charge in [-0.05, 0) is 34.1 Å². The molecule has 0 aromatic heterocycles. The second-order valence-electron chi connectivity index (χ2n) is 4.32. The Morgan fingerprint density at radius 3 is 2.57 bits per heavy atom. The van der Waals surface area contributed by atoms with E-state index in [1.165, 1.54) is 5.57 Å². The monoisotopic (exact) mass is 198 g/mol. The fraction of sp³-hybridized carbons (Fsp3) is 0.727. The van der Waals surface area contributed by atoms with Crippen molar-refractivity contribution in [2.45, 2.75) is 52.4 Å². The lowest BCUT2D eigenvalue weighted by Crippen LogP contribution is -2.27. The molecule has 0 saturated carbocycles. The van der Waals surface area contributed by atoms with Gasteiger partial charge in [-0.2, -0.15) is 0 Å². The first kappa shape index (κ1) is 11.2. The van der Waals surface area contributed by atoms with E-state index in [0.717, 1.165) is 12.8 Å². The van der Waals surface area contributed by atoms with Gasteiger partial charge in [0.15, 0.2) is 5.60 Å². The van der Waals surface area contributed by atoms with E-state index in [1.807, 2.05) is 13.8 Å². The molecular weight excluding hydrogens is 180 g/mol. The Morgan fingerprint density at radius 2 is 2.14 bits per heavy atom. The van der Waals surface area contributed by atoms with Crippen LogP contribution in [0.25, 0.3) is 0 Å². The molecule has 1 atom stereocenters. The van der Waals surface area contributed by atoms with Gasteiger partial charge in [-0.3, -0.25) is 0 Å². The zero-order valence-electron chi connectivity index (χ0n) is 9.29. The van der Waals surface area contributed by atoms with Crippen molar-refractivity contribution in [3.63, 3.8) is 0 Å². The maximum Gasteiger partial charge on any atom is 0.340 e. The standard InChI is InChI=1S/C11H18O3/c1-8(2)6-5-7-9-13-10(12)11(3,4)14-9/h6,9H,5,7H2,1-4H3. The fourth-order valence-corrected chi connectivity index (χ4v) is 1.29. The van der Waals surface area contributed by atoms with Gasteiger partial charge in [0.05, 0.1) is 0 Å². The third-order valence-electron chi connectivity index (χ3n) is 2.11. The van der Waals surface area contributed by atoms with E-state index < -0.39 is 5.60 Å². The van der Waals surface area contributed by atoms with Crippen LogP contribution in [0.3, 0.4) is 0 Å². The van der Waals surface area contributed by atoms with Crippen LogP contribution in [0.4, 0.5) is 0 Å². The summed E-state index contributed by atoms with van der Waals surface area (Å²) in [6.07, 6.45) is 3.37. The molecule has 3 nitrogen and oxygen atoms in total. The largest absolute Gasteiger partial charge is 0.434 e. The van der Waals surface area contributed by atoms with Gasteiger partial charge in [-0.15, -0.1) is 0 Å². The Morgan fingerprint density at radius 1 is 1.50 bits per heavy atom. The highest BCUT2D eigenvalue weighted by Crippen LogP contribution is 2.26. The van der Waals surface area contributed by atoms with Gasteiger partial charge in [0, 0.05) is 6.42 Å². The van der Waals surface area contributed by atoms with Crippen molar-refractivity contribution in [3.05, 3.63) is 11.6 Å². The molecule has 1 aliphatic rings. The molecule has 3 heteroatoms. The molecule has 0 spiro atoms. The molecule has 1 heterocycles. The zero-order valence-corrected chi connectivity index (χ0v) is 9.29. The van der Waals surface area contributed by atoms with Gasteiger partial charge in [0.25, 0.3) is 0 Å². The van der Waals surface area contributed by atoms with Crippen LogP contribution >= 0.6 is 0 Å². The van der Waals surface area contributed by atoms with Crippen LogP contribution in [0.1, 0.15) is 40.5 Å². The second-order valence-corrected chi connectivity index (χ2v) is 4.32. The van der Waals surface area contributed by atoms with Gasteiger partial charge in [-0.25, -0.2) is 4.79 Å². The molecule has 1 rings (SSSR count). The first-order valence-electron chi connectivity index (χ1n) is 4.94. The summed E-state index contributed by atoms with van der Waals surface area (Å²) in [5, 5.41) is 0. The molecule has 0 radical (unpaired) electrons. The van der Waals surface area contributed by atoms with Crippen molar-refractivity contribution < 1.29 is 14.3 Å². The number of hydrogen-bond donors (Lipinski definition) is 0. The predicted molar refractivity (Wildman–Crippen MR) is 53.7 cm³/mol. The van der Waals surface area contributed by atoms with Gasteiger partial charge < -0.3 is 9.47 Å². The van der Waals surface area contributed by atoms with Gasteiger partial charge in [-0.1, -0.05) is 11.6 Å². The fourth-order valence-electron chi connectivity index (χ4n) is 1.29. The Bertz CT molecular complexity index is 249. The van der Waals surface area contributed by atoms with E-state index in [-0.39, 0.29) is 12.3 Å². The smallest absolute Gasteiger partial charge is 0.340 e. The van der Waals surface area contributed by atoms with E-state index in [9.17, 15) is 4.79 Å². The number of hydrogen-bond acceptors (Lipinski definition) is 3. The van der Waals surface area contributed by atoms with Crippen molar-refractivity contribution in [2.75, 3.05) is 0 Å². The second kappa shape index (κ2) is 4.13. The number of rotatable bonds is 3. The Hall–Kier alpha value is -0.830. The molecule has 0 amide bonds. The maximum atomic E-state index is 11.2. The third-order valence-corrected chi connectivity index (χ3v) is 2.11. The summed E-state index contributed by atoms with van der Waals surface area (Å²) in [5.41, 5.74) is 0.504. The average molecular weight is 198 g/mol. The van der Waals surface area contributed by atoms with Crippen molar-refractivity contribution in [1.82, 2.24) is 0 Å². The molecule has 0 aliphatic carbocycles. The van der Waals surface area contributed by atoms with Crippen molar-refractivity contribution in [2.24, 2.45) is 0 Å². The lowest BCUT2D eigenvalue weighted by Gasteiger charge is -2.11. The van der Waals surface area contributed by atoms with Gasteiger partial charge in [0.2, 0.25) is 6.29 Å². The minimum atomic E-state index is -0.768. The summed E-state index contributed by atoms with van der Waals surface area (Å²) >= 11 is 0. The molecule has 1 aliphatic heterocycles. The van der Waals surface area contributed by atoms with Crippen LogP contribution in [-0.2, 0) is 14.3 Å². The predicted octanol–water partition coefficient (Wildman–Crippen LogP) is 2.41. The molecule has 1 unspecified atom stereocenters.